The Bertz CT molecular complexity index is 595. The molecule has 2 aliphatic rings. The van der Waals surface area contributed by atoms with Crippen molar-refractivity contribution in [1.29, 1.82) is 0 Å². The largest absolute Gasteiger partial charge is 0.464 e. The van der Waals surface area contributed by atoms with Crippen molar-refractivity contribution in [3.05, 3.63) is 0 Å². The SMILES string of the molecule is CN1C(C)(C)CC(N(C(=O)O)N(C(=O)O)C2CC(C)(C)N(C)C(C)(C)C2)CC1(C)C. The molecule has 2 N–H and O–H groups in total. The van der Waals surface area contributed by atoms with Gasteiger partial charge in [0.15, 0.2) is 0 Å². The third-order valence-corrected chi connectivity index (χ3v) is 7.89. The Morgan fingerprint density at radius 2 is 0.833 bits per heavy atom. The second kappa shape index (κ2) is 7.55. The lowest BCUT2D eigenvalue weighted by molar-refractivity contribution is -0.132. The van der Waals surface area contributed by atoms with Crippen LogP contribution in [0.3, 0.4) is 0 Å². The van der Waals surface area contributed by atoms with Crippen molar-refractivity contribution in [3.8, 4) is 0 Å². The van der Waals surface area contributed by atoms with Gasteiger partial charge in [-0.1, -0.05) is 0 Å². The van der Waals surface area contributed by atoms with Gasteiger partial charge in [0.1, 0.15) is 0 Å². The maximum Gasteiger partial charge on any atom is 0.426 e. The molecule has 0 aromatic rings. The smallest absolute Gasteiger partial charge is 0.426 e. The molecule has 2 saturated heterocycles. The first-order valence-corrected chi connectivity index (χ1v) is 10.9. The molecule has 2 rings (SSSR count). The van der Waals surface area contributed by atoms with Crippen LogP contribution in [0, 0.1) is 0 Å². The summed E-state index contributed by atoms with van der Waals surface area (Å²) in [6.45, 7) is 16.7. The van der Waals surface area contributed by atoms with Gasteiger partial charge < -0.3 is 10.2 Å². The summed E-state index contributed by atoms with van der Waals surface area (Å²) in [5, 5.41) is 22.6. The van der Waals surface area contributed by atoms with Gasteiger partial charge in [-0.3, -0.25) is 9.80 Å². The van der Waals surface area contributed by atoms with Crippen LogP contribution in [0.15, 0.2) is 0 Å². The zero-order chi connectivity index (χ0) is 23.4. The van der Waals surface area contributed by atoms with Gasteiger partial charge in [-0.05, 0) is 95.2 Å². The standard InChI is InChI=1S/C22H42N4O4/c1-19(2)11-15(12-20(3,4)23(19)9)25(17(27)28)26(18(29)30)16-13-21(5,6)24(10)22(7,8)14-16/h15-16H,11-14H2,1-10H3,(H,27,28)(H,29,30). The van der Waals surface area contributed by atoms with E-state index in [0.29, 0.717) is 25.7 Å². The van der Waals surface area contributed by atoms with Crippen molar-refractivity contribution >= 4 is 12.2 Å². The number of amides is 2. The molecule has 2 fully saturated rings. The Hall–Kier alpha value is -1.54. The van der Waals surface area contributed by atoms with E-state index in [0.717, 1.165) is 10.0 Å². The maximum absolute atomic E-state index is 12.5. The van der Waals surface area contributed by atoms with E-state index in [2.05, 4.69) is 79.3 Å². The first-order valence-electron chi connectivity index (χ1n) is 10.9. The van der Waals surface area contributed by atoms with Crippen molar-refractivity contribution in [1.82, 2.24) is 19.8 Å². The third-order valence-electron chi connectivity index (χ3n) is 7.89. The van der Waals surface area contributed by atoms with Gasteiger partial charge >= 0.3 is 12.2 Å². The van der Waals surface area contributed by atoms with Gasteiger partial charge in [-0.15, -0.1) is 0 Å². The number of carbonyl (C=O) groups is 2. The number of hydrogen-bond donors (Lipinski definition) is 2. The van der Waals surface area contributed by atoms with E-state index >= 15 is 0 Å². The van der Waals surface area contributed by atoms with Crippen LogP contribution in [-0.4, -0.2) is 90.6 Å². The molecule has 2 aliphatic heterocycles. The molecule has 8 heteroatoms. The molecule has 0 bridgehead atoms. The highest BCUT2D eigenvalue weighted by Gasteiger charge is 2.52. The van der Waals surface area contributed by atoms with Crippen LogP contribution < -0.4 is 0 Å². The Labute approximate surface area is 181 Å². The number of nitrogens with zero attached hydrogens (tertiary/aromatic N) is 4. The van der Waals surface area contributed by atoms with Gasteiger partial charge in [0.2, 0.25) is 0 Å². The summed E-state index contributed by atoms with van der Waals surface area (Å²) in [5.41, 5.74) is -1.02. The molecule has 0 aromatic carbocycles. The van der Waals surface area contributed by atoms with E-state index in [1.807, 2.05) is 0 Å². The highest BCUT2D eigenvalue weighted by molar-refractivity contribution is 5.72. The van der Waals surface area contributed by atoms with Gasteiger partial charge in [0, 0.05) is 22.2 Å². The van der Waals surface area contributed by atoms with Crippen LogP contribution in [0.5, 0.6) is 0 Å². The number of hydrogen-bond acceptors (Lipinski definition) is 4. The number of rotatable bonds is 2. The molecule has 0 saturated carbocycles. The molecule has 2 heterocycles. The highest BCUT2D eigenvalue weighted by Crippen LogP contribution is 2.43. The van der Waals surface area contributed by atoms with Crippen LogP contribution in [0.2, 0.25) is 0 Å². The van der Waals surface area contributed by atoms with Crippen LogP contribution in [0.1, 0.15) is 81.1 Å². The maximum atomic E-state index is 12.5. The van der Waals surface area contributed by atoms with Crippen molar-refractivity contribution in [2.24, 2.45) is 0 Å². The molecule has 30 heavy (non-hydrogen) atoms. The number of piperidine rings is 2. The summed E-state index contributed by atoms with van der Waals surface area (Å²) < 4.78 is 0. The first-order chi connectivity index (χ1) is 13.3. The fraction of sp³-hybridized carbons (Fsp3) is 0.909. The lowest BCUT2D eigenvalue weighted by Gasteiger charge is -2.58. The Morgan fingerprint density at radius 3 is 1.00 bits per heavy atom. The normalized spacial score (nSPS) is 26.9. The molecule has 0 atom stereocenters. The van der Waals surface area contributed by atoms with E-state index in [-0.39, 0.29) is 22.2 Å². The second-order valence-corrected chi connectivity index (χ2v) is 11.7. The van der Waals surface area contributed by atoms with Crippen LogP contribution in [0.25, 0.3) is 0 Å². The highest BCUT2D eigenvalue weighted by atomic mass is 16.4. The number of hydrazine groups is 1. The minimum Gasteiger partial charge on any atom is -0.464 e. The van der Waals surface area contributed by atoms with Crippen LogP contribution in [0.4, 0.5) is 9.59 Å². The minimum absolute atomic E-state index is 0.254. The monoisotopic (exact) mass is 426 g/mol. The third kappa shape index (κ3) is 4.40. The molecule has 2 amide bonds. The Balaban J connectivity index is 2.48. The van der Waals surface area contributed by atoms with Gasteiger partial charge in [0.05, 0.1) is 12.1 Å². The average molecular weight is 427 g/mol. The van der Waals surface area contributed by atoms with Crippen molar-refractivity contribution in [2.75, 3.05) is 14.1 Å². The summed E-state index contributed by atoms with van der Waals surface area (Å²) in [7, 11) is 4.11. The number of likely N-dealkylation sites (tertiary alicyclic amines) is 2. The summed E-state index contributed by atoms with van der Waals surface area (Å²) in [6.07, 6.45) is -0.114. The quantitative estimate of drug-likeness (QED) is 0.645. The molecule has 0 unspecified atom stereocenters. The zero-order valence-electron chi connectivity index (χ0n) is 20.5. The average Bonchev–Trinajstić information content (AvgIpc) is 2.53. The van der Waals surface area contributed by atoms with E-state index in [4.69, 9.17) is 0 Å². The molecule has 0 aromatic heterocycles. The van der Waals surface area contributed by atoms with E-state index in [1.54, 1.807) is 0 Å². The lowest BCUT2D eigenvalue weighted by atomic mass is 9.76. The van der Waals surface area contributed by atoms with E-state index in [9.17, 15) is 19.8 Å². The molecular weight excluding hydrogens is 384 g/mol. The van der Waals surface area contributed by atoms with Crippen molar-refractivity contribution in [3.63, 3.8) is 0 Å². The van der Waals surface area contributed by atoms with Crippen molar-refractivity contribution in [2.45, 2.75) is 115 Å². The molecular formula is C22H42N4O4. The predicted octanol–water partition coefficient (Wildman–Crippen LogP) is 4.16. The topological polar surface area (TPSA) is 87.6 Å². The predicted molar refractivity (Wildman–Crippen MR) is 118 cm³/mol. The molecule has 0 spiro atoms. The fourth-order valence-corrected chi connectivity index (χ4v) is 5.83. The molecule has 8 nitrogen and oxygen atoms in total. The van der Waals surface area contributed by atoms with E-state index < -0.39 is 24.3 Å². The Morgan fingerprint density at radius 1 is 0.633 bits per heavy atom. The van der Waals surface area contributed by atoms with Crippen molar-refractivity contribution < 1.29 is 19.8 Å². The summed E-state index contributed by atoms with van der Waals surface area (Å²) in [5.74, 6) is 0. The molecule has 0 aliphatic carbocycles. The lowest BCUT2D eigenvalue weighted by Crippen LogP contribution is -2.69. The second-order valence-electron chi connectivity index (χ2n) is 11.7. The van der Waals surface area contributed by atoms with Gasteiger partial charge in [0.25, 0.3) is 0 Å². The molecule has 174 valence electrons. The molecule has 0 radical (unpaired) electrons. The number of carboxylic acid groups (broad SMARTS) is 2. The van der Waals surface area contributed by atoms with E-state index in [1.165, 1.54) is 0 Å². The fourth-order valence-electron chi connectivity index (χ4n) is 5.83. The summed E-state index contributed by atoms with van der Waals surface area (Å²) in [6, 6.07) is -0.823. The zero-order valence-corrected chi connectivity index (χ0v) is 20.5. The minimum atomic E-state index is -1.20. The summed E-state index contributed by atoms with van der Waals surface area (Å²) in [4.78, 5) is 29.5. The van der Waals surface area contributed by atoms with Crippen LogP contribution >= 0.6 is 0 Å². The first kappa shape index (κ1) is 24.7. The van der Waals surface area contributed by atoms with Gasteiger partial charge in [-0.25, -0.2) is 19.6 Å². The van der Waals surface area contributed by atoms with Crippen LogP contribution in [-0.2, 0) is 0 Å². The Kier molecular flexibility index (Phi) is 6.22. The van der Waals surface area contributed by atoms with Gasteiger partial charge in [-0.2, -0.15) is 0 Å². The summed E-state index contributed by atoms with van der Waals surface area (Å²) >= 11 is 0.